The Balaban J connectivity index is 1.29. The number of thiophene rings is 1. The van der Waals surface area contributed by atoms with Crippen molar-refractivity contribution in [1.29, 1.82) is 0 Å². The smallest absolute Gasteiger partial charge is 0.322 e. The molecule has 3 aliphatic rings. The predicted molar refractivity (Wildman–Crippen MR) is 127 cm³/mol. The van der Waals surface area contributed by atoms with Gasteiger partial charge in [-0.1, -0.05) is 19.3 Å². The minimum atomic E-state index is -3.57. The molecule has 0 atom stereocenters. The van der Waals surface area contributed by atoms with Crippen LogP contribution in [0.5, 0.6) is 0 Å². The van der Waals surface area contributed by atoms with E-state index in [4.69, 9.17) is 4.74 Å². The molecule has 0 unspecified atom stereocenters. The number of nitrogens with zero attached hydrogens (tertiary/aromatic N) is 3. The topological polar surface area (TPSA) is 99.3 Å². The molecule has 2 saturated heterocycles. The third-order valence-corrected chi connectivity index (χ3v) is 10.1. The number of nitrogens with one attached hydrogen (secondary N) is 1. The van der Waals surface area contributed by atoms with Crippen molar-refractivity contribution >= 4 is 38.3 Å². The fraction of sp³-hybridized carbons (Fsp3) is 0.727. The van der Waals surface area contributed by atoms with Crippen LogP contribution in [-0.2, 0) is 19.6 Å². The van der Waals surface area contributed by atoms with Gasteiger partial charge in [0.1, 0.15) is 4.21 Å². The second kappa shape index (κ2) is 11.2. The van der Waals surface area contributed by atoms with Gasteiger partial charge in [-0.2, -0.15) is 4.31 Å². The van der Waals surface area contributed by atoms with E-state index in [1.165, 1.54) is 23.6 Å². The van der Waals surface area contributed by atoms with Crippen LogP contribution >= 0.6 is 11.3 Å². The Morgan fingerprint density at radius 1 is 0.939 bits per heavy atom. The third kappa shape index (κ3) is 6.26. The van der Waals surface area contributed by atoms with Gasteiger partial charge < -0.3 is 14.5 Å². The molecule has 0 radical (unpaired) electrons. The molecule has 1 aromatic rings. The molecule has 4 rings (SSSR count). The van der Waals surface area contributed by atoms with Crippen molar-refractivity contribution in [3.63, 3.8) is 0 Å². The van der Waals surface area contributed by atoms with E-state index in [0.717, 1.165) is 30.6 Å². The predicted octanol–water partition coefficient (Wildman–Crippen LogP) is 2.81. The summed E-state index contributed by atoms with van der Waals surface area (Å²) >= 11 is 1.06. The fourth-order valence-corrected chi connectivity index (χ4v) is 7.52. The highest BCUT2D eigenvalue weighted by atomic mass is 32.2. The summed E-state index contributed by atoms with van der Waals surface area (Å²) in [5, 5.41) is 3.34. The molecule has 33 heavy (non-hydrogen) atoms. The average molecular weight is 499 g/mol. The number of hydrogen-bond donors (Lipinski definition) is 1. The van der Waals surface area contributed by atoms with Crippen LogP contribution in [0.15, 0.2) is 16.3 Å². The Hall–Kier alpha value is -1.69. The van der Waals surface area contributed by atoms with Crippen LogP contribution in [0.4, 0.5) is 9.80 Å². The maximum absolute atomic E-state index is 12.8. The van der Waals surface area contributed by atoms with Crippen LogP contribution in [0.1, 0.15) is 44.9 Å². The van der Waals surface area contributed by atoms with E-state index in [9.17, 15) is 18.0 Å². The largest absolute Gasteiger partial charge is 0.379 e. The quantitative estimate of drug-likeness (QED) is 0.673. The second-order valence-electron chi connectivity index (χ2n) is 8.99. The summed E-state index contributed by atoms with van der Waals surface area (Å²) in [7, 11) is -3.57. The minimum absolute atomic E-state index is 0.209. The van der Waals surface area contributed by atoms with Gasteiger partial charge in [0.25, 0.3) is 10.0 Å². The SMILES string of the molecule is O=C(CC1CCCCC1)N1CCCN(C(=O)Nc2ccc(S(=O)(=O)N3CCOCC3)s2)CC1. The third-order valence-electron chi connectivity index (χ3n) is 6.70. The fourth-order valence-electron chi connectivity index (χ4n) is 4.76. The number of amides is 3. The van der Waals surface area contributed by atoms with Crippen LogP contribution in [0, 0.1) is 5.92 Å². The molecule has 0 aromatic carbocycles. The Bertz CT molecular complexity index is 923. The number of urea groups is 1. The van der Waals surface area contributed by atoms with Gasteiger partial charge in [-0.25, -0.2) is 13.2 Å². The van der Waals surface area contributed by atoms with E-state index in [1.807, 2.05) is 4.90 Å². The van der Waals surface area contributed by atoms with E-state index in [2.05, 4.69) is 5.32 Å². The van der Waals surface area contributed by atoms with Gasteiger partial charge in [0.15, 0.2) is 0 Å². The zero-order valence-electron chi connectivity index (χ0n) is 19.0. The van der Waals surface area contributed by atoms with E-state index in [-0.39, 0.29) is 16.1 Å². The van der Waals surface area contributed by atoms with Crippen molar-refractivity contribution in [3.05, 3.63) is 12.1 Å². The lowest BCUT2D eigenvalue weighted by atomic mass is 9.86. The summed E-state index contributed by atoms with van der Waals surface area (Å²) in [5.74, 6) is 0.719. The molecular weight excluding hydrogens is 464 g/mol. The molecule has 2 aliphatic heterocycles. The molecule has 11 heteroatoms. The van der Waals surface area contributed by atoms with E-state index < -0.39 is 10.0 Å². The Kier molecular flexibility index (Phi) is 8.26. The normalized spacial score (nSPS) is 21.6. The van der Waals surface area contributed by atoms with Gasteiger partial charge in [-0.15, -0.1) is 11.3 Å². The van der Waals surface area contributed by atoms with E-state index in [1.54, 1.807) is 17.0 Å². The van der Waals surface area contributed by atoms with Crippen LogP contribution < -0.4 is 5.32 Å². The van der Waals surface area contributed by atoms with Gasteiger partial charge >= 0.3 is 6.03 Å². The number of rotatable bonds is 5. The van der Waals surface area contributed by atoms with Crippen molar-refractivity contribution in [2.75, 3.05) is 57.8 Å². The zero-order valence-corrected chi connectivity index (χ0v) is 20.7. The van der Waals surface area contributed by atoms with Crippen molar-refractivity contribution in [1.82, 2.24) is 14.1 Å². The van der Waals surface area contributed by atoms with Crippen molar-refractivity contribution < 1.29 is 22.7 Å². The minimum Gasteiger partial charge on any atom is -0.379 e. The summed E-state index contributed by atoms with van der Waals surface area (Å²) in [6.07, 6.45) is 7.40. The molecule has 3 heterocycles. The molecular formula is C22H34N4O5S2. The number of hydrogen-bond acceptors (Lipinski definition) is 6. The van der Waals surface area contributed by atoms with Crippen molar-refractivity contribution in [2.24, 2.45) is 5.92 Å². The number of morpholine rings is 1. The average Bonchev–Trinajstić information content (AvgIpc) is 3.16. The molecule has 3 fully saturated rings. The molecule has 3 amide bonds. The highest BCUT2D eigenvalue weighted by Crippen LogP contribution is 2.30. The van der Waals surface area contributed by atoms with Gasteiger partial charge in [0, 0.05) is 45.7 Å². The summed E-state index contributed by atoms with van der Waals surface area (Å²) in [4.78, 5) is 29.2. The molecule has 0 bridgehead atoms. The Morgan fingerprint density at radius 3 is 2.39 bits per heavy atom. The van der Waals surface area contributed by atoms with Gasteiger partial charge in [0.2, 0.25) is 5.91 Å². The van der Waals surface area contributed by atoms with Crippen LogP contribution in [0.3, 0.4) is 0 Å². The summed E-state index contributed by atoms with van der Waals surface area (Å²) in [6.45, 7) is 3.73. The number of carbonyl (C=O) groups excluding carboxylic acids is 2. The first-order chi connectivity index (χ1) is 15.9. The molecule has 1 saturated carbocycles. The molecule has 9 nitrogen and oxygen atoms in total. The standard InChI is InChI=1S/C22H34N4O5S2/c27-20(17-18-5-2-1-3-6-18)24-9-4-10-25(12-11-24)22(28)23-19-7-8-21(32-19)33(29,30)26-13-15-31-16-14-26/h7-8,18H,1-6,9-17H2,(H,23,28). The van der Waals surface area contributed by atoms with Crippen LogP contribution in [0.2, 0.25) is 0 Å². The first-order valence-electron chi connectivity index (χ1n) is 11.9. The van der Waals surface area contributed by atoms with Crippen molar-refractivity contribution in [2.45, 2.75) is 49.2 Å². The number of ether oxygens (including phenoxy) is 1. The van der Waals surface area contributed by atoms with Crippen molar-refractivity contribution in [3.8, 4) is 0 Å². The van der Waals surface area contributed by atoms with Gasteiger partial charge in [-0.3, -0.25) is 10.1 Å². The number of anilines is 1. The summed E-state index contributed by atoms with van der Waals surface area (Å²) in [6, 6.07) is 2.92. The Morgan fingerprint density at radius 2 is 1.64 bits per heavy atom. The van der Waals surface area contributed by atoms with Crippen LogP contribution in [-0.4, -0.2) is 86.9 Å². The van der Waals surface area contributed by atoms with E-state index in [0.29, 0.717) is 69.8 Å². The van der Waals surface area contributed by atoms with Crippen LogP contribution in [0.25, 0.3) is 0 Å². The number of sulfonamides is 1. The monoisotopic (exact) mass is 498 g/mol. The van der Waals surface area contributed by atoms with E-state index >= 15 is 0 Å². The first-order valence-corrected chi connectivity index (χ1v) is 14.2. The van der Waals surface area contributed by atoms with Gasteiger partial charge in [-0.05, 0) is 37.3 Å². The lowest BCUT2D eigenvalue weighted by Crippen LogP contribution is -2.40. The molecule has 184 valence electrons. The highest BCUT2D eigenvalue weighted by Gasteiger charge is 2.29. The maximum Gasteiger partial charge on any atom is 0.322 e. The lowest BCUT2D eigenvalue weighted by Gasteiger charge is -2.26. The lowest BCUT2D eigenvalue weighted by molar-refractivity contribution is -0.132. The Labute approximate surface area is 200 Å². The molecule has 1 aliphatic carbocycles. The highest BCUT2D eigenvalue weighted by molar-refractivity contribution is 7.91. The molecule has 1 N–H and O–H groups in total. The van der Waals surface area contributed by atoms with Gasteiger partial charge in [0.05, 0.1) is 18.2 Å². The summed E-state index contributed by atoms with van der Waals surface area (Å²) < 4.78 is 32.5. The number of carbonyl (C=O) groups is 2. The summed E-state index contributed by atoms with van der Waals surface area (Å²) in [5.41, 5.74) is 0. The first kappa shape index (κ1) is 24.4. The zero-order chi connectivity index (χ0) is 23.3. The molecule has 1 aromatic heterocycles. The second-order valence-corrected chi connectivity index (χ2v) is 12.2. The maximum atomic E-state index is 12.8. The molecule has 0 spiro atoms.